The van der Waals surface area contributed by atoms with Gasteiger partial charge in [-0.2, -0.15) is 5.10 Å². The molecule has 0 fully saturated rings. The van der Waals surface area contributed by atoms with Crippen LogP contribution in [0, 0.1) is 6.92 Å². The smallest absolute Gasteiger partial charge is 0.161 e. The highest BCUT2D eigenvalue weighted by molar-refractivity contribution is 9.10. The van der Waals surface area contributed by atoms with E-state index >= 15 is 0 Å². The molecule has 0 radical (unpaired) electrons. The van der Waals surface area contributed by atoms with Crippen LogP contribution in [0.4, 0.5) is 5.82 Å². The second-order valence-corrected chi connectivity index (χ2v) is 4.92. The van der Waals surface area contributed by atoms with E-state index in [0.717, 1.165) is 15.7 Å². The van der Waals surface area contributed by atoms with Gasteiger partial charge in [0.15, 0.2) is 11.5 Å². The van der Waals surface area contributed by atoms with Crippen LogP contribution in [-0.4, -0.2) is 24.0 Å². The summed E-state index contributed by atoms with van der Waals surface area (Å²) in [5.74, 6) is 2.02. The van der Waals surface area contributed by atoms with E-state index in [2.05, 4.69) is 21.0 Å². The topological polar surface area (TPSA) is 62.3 Å². The van der Waals surface area contributed by atoms with Crippen LogP contribution in [0.1, 0.15) is 11.3 Å². The van der Waals surface area contributed by atoms with Gasteiger partial charge >= 0.3 is 0 Å². The third kappa shape index (κ3) is 2.68. The summed E-state index contributed by atoms with van der Waals surface area (Å²) in [6.07, 6.45) is 0. The molecule has 0 unspecified atom stereocenters. The maximum Gasteiger partial charge on any atom is 0.161 e. The first-order valence-corrected chi connectivity index (χ1v) is 6.55. The Hall–Kier alpha value is -1.69. The van der Waals surface area contributed by atoms with Crippen LogP contribution in [0.2, 0.25) is 0 Å². The minimum absolute atomic E-state index is 0.582. The molecule has 0 aliphatic heterocycles. The average Bonchev–Trinajstić information content (AvgIpc) is 2.66. The first-order chi connectivity index (χ1) is 9.06. The molecular formula is C13H16BrN3O2. The molecule has 0 saturated heterocycles. The standard InChI is InChI=1S/C13H16BrN3O2/c1-8-12(14)13(15)17(16-8)7-9-4-5-10(18-2)11(6-9)19-3/h4-6H,7,15H2,1-3H3. The summed E-state index contributed by atoms with van der Waals surface area (Å²) >= 11 is 3.41. The molecule has 1 aromatic carbocycles. The van der Waals surface area contributed by atoms with E-state index in [1.165, 1.54) is 0 Å². The van der Waals surface area contributed by atoms with Crippen LogP contribution in [-0.2, 0) is 6.54 Å². The lowest BCUT2D eigenvalue weighted by Gasteiger charge is -2.10. The average molecular weight is 326 g/mol. The number of halogens is 1. The molecule has 2 rings (SSSR count). The number of aromatic nitrogens is 2. The Morgan fingerprint density at radius 1 is 1.26 bits per heavy atom. The normalized spacial score (nSPS) is 10.5. The van der Waals surface area contributed by atoms with E-state index in [0.29, 0.717) is 23.9 Å². The molecule has 0 aliphatic carbocycles. The van der Waals surface area contributed by atoms with Gasteiger partial charge in [-0.25, -0.2) is 4.68 Å². The van der Waals surface area contributed by atoms with E-state index in [1.54, 1.807) is 18.9 Å². The molecule has 0 amide bonds. The predicted octanol–water partition coefficient (Wildman–Crippen LogP) is 2.60. The van der Waals surface area contributed by atoms with Crippen molar-refractivity contribution < 1.29 is 9.47 Å². The van der Waals surface area contributed by atoms with E-state index in [1.807, 2.05) is 25.1 Å². The minimum Gasteiger partial charge on any atom is -0.493 e. The molecule has 1 aromatic heterocycles. The van der Waals surface area contributed by atoms with E-state index in [4.69, 9.17) is 15.2 Å². The first kappa shape index (κ1) is 13.7. The molecule has 5 nitrogen and oxygen atoms in total. The van der Waals surface area contributed by atoms with Crippen LogP contribution < -0.4 is 15.2 Å². The number of rotatable bonds is 4. The van der Waals surface area contributed by atoms with Crippen molar-refractivity contribution in [1.29, 1.82) is 0 Å². The van der Waals surface area contributed by atoms with Crippen LogP contribution in [0.25, 0.3) is 0 Å². The van der Waals surface area contributed by atoms with Crippen LogP contribution in [0.5, 0.6) is 11.5 Å². The molecule has 102 valence electrons. The van der Waals surface area contributed by atoms with Crippen molar-refractivity contribution in [2.24, 2.45) is 0 Å². The number of hydrogen-bond donors (Lipinski definition) is 1. The van der Waals surface area contributed by atoms with Gasteiger partial charge in [0.05, 0.1) is 30.9 Å². The number of nitrogens with zero attached hydrogens (tertiary/aromatic N) is 2. The SMILES string of the molecule is COc1ccc(Cn2nc(C)c(Br)c2N)cc1OC. The van der Waals surface area contributed by atoms with Gasteiger partial charge in [0.25, 0.3) is 0 Å². The lowest BCUT2D eigenvalue weighted by Crippen LogP contribution is -2.06. The Morgan fingerprint density at radius 2 is 1.95 bits per heavy atom. The van der Waals surface area contributed by atoms with Crippen LogP contribution >= 0.6 is 15.9 Å². The highest BCUT2D eigenvalue weighted by Gasteiger charge is 2.11. The van der Waals surface area contributed by atoms with Crippen LogP contribution in [0.3, 0.4) is 0 Å². The zero-order valence-corrected chi connectivity index (χ0v) is 12.7. The van der Waals surface area contributed by atoms with Crippen LogP contribution in [0.15, 0.2) is 22.7 Å². The van der Waals surface area contributed by atoms with Gasteiger partial charge < -0.3 is 15.2 Å². The first-order valence-electron chi connectivity index (χ1n) is 5.76. The molecule has 0 spiro atoms. The number of aryl methyl sites for hydroxylation is 1. The lowest BCUT2D eigenvalue weighted by atomic mass is 10.2. The summed E-state index contributed by atoms with van der Waals surface area (Å²) in [5, 5.41) is 4.38. The van der Waals surface area contributed by atoms with Gasteiger partial charge in [0, 0.05) is 0 Å². The maximum absolute atomic E-state index is 5.98. The number of nitrogens with two attached hydrogens (primary N) is 1. The highest BCUT2D eigenvalue weighted by atomic mass is 79.9. The second kappa shape index (κ2) is 5.52. The Labute approximate surface area is 120 Å². The molecular weight excluding hydrogens is 310 g/mol. The van der Waals surface area contributed by atoms with Crippen molar-refractivity contribution in [2.45, 2.75) is 13.5 Å². The fourth-order valence-corrected chi connectivity index (χ4v) is 2.13. The van der Waals surface area contributed by atoms with Crippen molar-refractivity contribution in [3.05, 3.63) is 33.9 Å². The van der Waals surface area contributed by atoms with Crippen molar-refractivity contribution >= 4 is 21.7 Å². The molecule has 2 N–H and O–H groups in total. The van der Waals surface area contributed by atoms with Gasteiger partial charge in [-0.15, -0.1) is 0 Å². The van der Waals surface area contributed by atoms with Gasteiger partial charge in [0.1, 0.15) is 5.82 Å². The summed E-state index contributed by atoms with van der Waals surface area (Å²) in [4.78, 5) is 0. The van der Waals surface area contributed by atoms with Gasteiger partial charge in [-0.1, -0.05) is 6.07 Å². The second-order valence-electron chi connectivity index (χ2n) is 4.13. The van der Waals surface area contributed by atoms with Gasteiger partial charge in [0.2, 0.25) is 0 Å². The molecule has 0 bridgehead atoms. The minimum atomic E-state index is 0.582. The zero-order valence-electron chi connectivity index (χ0n) is 11.1. The third-order valence-electron chi connectivity index (χ3n) is 2.87. The van der Waals surface area contributed by atoms with E-state index in [9.17, 15) is 0 Å². The van der Waals surface area contributed by atoms with Gasteiger partial charge in [-0.3, -0.25) is 0 Å². The molecule has 2 aromatic rings. The molecule has 1 heterocycles. The monoisotopic (exact) mass is 325 g/mol. The number of anilines is 1. The summed E-state index contributed by atoms with van der Waals surface area (Å²) < 4.78 is 13.1. The lowest BCUT2D eigenvalue weighted by molar-refractivity contribution is 0.354. The molecule has 6 heteroatoms. The number of hydrogen-bond acceptors (Lipinski definition) is 4. The quantitative estimate of drug-likeness (QED) is 0.938. The van der Waals surface area contributed by atoms with Crippen molar-refractivity contribution in [3.8, 4) is 11.5 Å². The van der Waals surface area contributed by atoms with Crippen molar-refractivity contribution in [1.82, 2.24) is 9.78 Å². The van der Waals surface area contributed by atoms with Crippen molar-refractivity contribution in [3.63, 3.8) is 0 Å². The zero-order chi connectivity index (χ0) is 14.0. The Kier molecular flexibility index (Phi) is 3.99. The number of methoxy groups -OCH3 is 2. The summed E-state index contributed by atoms with van der Waals surface area (Å²) in [6.45, 7) is 2.49. The summed E-state index contributed by atoms with van der Waals surface area (Å²) in [7, 11) is 3.23. The Balaban J connectivity index is 2.30. The third-order valence-corrected chi connectivity index (χ3v) is 3.85. The van der Waals surface area contributed by atoms with E-state index < -0.39 is 0 Å². The molecule has 0 aliphatic rings. The number of ether oxygens (including phenoxy) is 2. The van der Waals surface area contributed by atoms with E-state index in [-0.39, 0.29) is 0 Å². The largest absolute Gasteiger partial charge is 0.493 e. The molecule has 0 atom stereocenters. The predicted molar refractivity (Wildman–Crippen MR) is 77.7 cm³/mol. The number of benzene rings is 1. The molecule has 19 heavy (non-hydrogen) atoms. The Bertz CT molecular complexity index is 596. The number of nitrogen functional groups attached to an aromatic ring is 1. The summed E-state index contributed by atoms with van der Waals surface area (Å²) in [5.41, 5.74) is 7.89. The summed E-state index contributed by atoms with van der Waals surface area (Å²) in [6, 6.07) is 5.75. The molecule has 0 saturated carbocycles. The fraction of sp³-hybridized carbons (Fsp3) is 0.308. The fourth-order valence-electron chi connectivity index (χ4n) is 1.85. The van der Waals surface area contributed by atoms with Gasteiger partial charge in [-0.05, 0) is 40.5 Å². The highest BCUT2D eigenvalue weighted by Crippen LogP contribution is 2.29. The maximum atomic E-state index is 5.98. The van der Waals surface area contributed by atoms with Crippen molar-refractivity contribution in [2.75, 3.05) is 20.0 Å². The Morgan fingerprint density at radius 3 is 2.47 bits per heavy atom.